The quantitative estimate of drug-likeness (QED) is 0.682. The lowest BCUT2D eigenvalue weighted by atomic mass is 10.1. The molecule has 0 atom stereocenters. The molecule has 0 bridgehead atoms. The van der Waals surface area contributed by atoms with Crippen LogP contribution in [0.25, 0.3) is 0 Å². The van der Waals surface area contributed by atoms with Gasteiger partial charge in [0.05, 0.1) is 16.7 Å². The Morgan fingerprint density at radius 2 is 1.61 bits per heavy atom. The molecule has 2 aromatic rings. The van der Waals surface area contributed by atoms with Crippen LogP contribution in [0.3, 0.4) is 0 Å². The average Bonchev–Trinajstić information content (AvgIpc) is 3.42. The molecule has 0 radical (unpaired) electrons. The maximum atomic E-state index is 13.2. The number of carboxylic acids is 1. The van der Waals surface area contributed by atoms with Crippen LogP contribution in [0, 0.1) is 5.92 Å². The van der Waals surface area contributed by atoms with E-state index in [0.29, 0.717) is 12.1 Å². The molecule has 0 unspecified atom stereocenters. The number of halogens is 6. The Kier molecular flexibility index (Phi) is 4.99. The van der Waals surface area contributed by atoms with Crippen molar-refractivity contribution >= 4 is 17.5 Å². The fourth-order valence-electron chi connectivity index (χ4n) is 2.66. The standard InChI is InChI=1S/C18H14F6N2O2/c19-17(20,21)12-5-13(18(22,23)24)7-14(6-12)26(9-10-1-2-10)15-4-3-11(8-25-15)16(27)28/h3-8,10H,1-2,9H2,(H,27,28). The van der Waals surface area contributed by atoms with Crippen LogP contribution >= 0.6 is 0 Å². The van der Waals surface area contributed by atoms with Crippen molar-refractivity contribution in [2.24, 2.45) is 5.92 Å². The lowest BCUT2D eigenvalue weighted by molar-refractivity contribution is -0.143. The second-order valence-electron chi connectivity index (χ2n) is 6.53. The zero-order valence-corrected chi connectivity index (χ0v) is 14.2. The topological polar surface area (TPSA) is 53.4 Å². The predicted molar refractivity (Wildman–Crippen MR) is 87.4 cm³/mol. The average molecular weight is 404 g/mol. The van der Waals surface area contributed by atoms with Gasteiger partial charge in [-0.1, -0.05) is 0 Å². The van der Waals surface area contributed by atoms with Gasteiger partial charge in [-0.25, -0.2) is 9.78 Å². The highest BCUT2D eigenvalue weighted by molar-refractivity contribution is 5.87. The Morgan fingerprint density at radius 3 is 2.00 bits per heavy atom. The van der Waals surface area contributed by atoms with Crippen LogP contribution < -0.4 is 4.90 Å². The third-order valence-corrected chi connectivity index (χ3v) is 4.29. The number of rotatable bonds is 5. The molecule has 1 aromatic heterocycles. The van der Waals surface area contributed by atoms with Crippen molar-refractivity contribution in [1.29, 1.82) is 0 Å². The number of benzene rings is 1. The van der Waals surface area contributed by atoms with Crippen molar-refractivity contribution in [2.45, 2.75) is 25.2 Å². The van der Waals surface area contributed by atoms with E-state index in [1.165, 1.54) is 17.0 Å². The first-order valence-electron chi connectivity index (χ1n) is 8.21. The summed E-state index contributed by atoms with van der Waals surface area (Å²) in [6.07, 6.45) is -7.30. The van der Waals surface area contributed by atoms with Crippen molar-refractivity contribution in [2.75, 3.05) is 11.4 Å². The van der Waals surface area contributed by atoms with Gasteiger partial charge in [0.2, 0.25) is 0 Å². The molecule has 150 valence electrons. The second-order valence-corrected chi connectivity index (χ2v) is 6.53. The van der Waals surface area contributed by atoms with E-state index in [-0.39, 0.29) is 35.6 Å². The molecule has 1 saturated carbocycles. The Labute approximate surface area is 155 Å². The number of nitrogens with zero attached hydrogens (tertiary/aromatic N) is 2. The first-order chi connectivity index (χ1) is 12.9. The van der Waals surface area contributed by atoms with E-state index in [1.54, 1.807) is 0 Å². The van der Waals surface area contributed by atoms with Crippen LogP contribution in [0.4, 0.5) is 37.8 Å². The normalized spacial score (nSPS) is 14.8. The highest BCUT2D eigenvalue weighted by atomic mass is 19.4. The van der Waals surface area contributed by atoms with Gasteiger partial charge >= 0.3 is 18.3 Å². The van der Waals surface area contributed by atoms with Gasteiger partial charge in [0.15, 0.2) is 0 Å². The van der Waals surface area contributed by atoms with Crippen LogP contribution in [0.5, 0.6) is 0 Å². The fraction of sp³-hybridized carbons (Fsp3) is 0.333. The molecule has 0 aliphatic heterocycles. The summed E-state index contributed by atoms with van der Waals surface area (Å²) >= 11 is 0. The summed E-state index contributed by atoms with van der Waals surface area (Å²) < 4.78 is 78.9. The van der Waals surface area contributed by atoms with Crippen LogP contribution in [-0.2, 0) is 12.4 Å². The summed E-state index contributed by atoms with van der Waals surface area (Å²) in [5.74, 6) is -1.06. The molecule has 0 saturated heterocycles. The molecule has 1 N–H and O–H groups in total. The first kappa shape index (κ1) is 20.0. The summed E-state index contributed by atoms with van der Waals surface area (Å²) in [6, 6.07) is 3.82. The minimum absolute atomic E-state index is 0.0692. The maximum Gasteiger partial charge on any atom is 0.416 e. The molecule has 1 fully saturated rings. The number of hydrogen-bond acceptors (Lipinski definition) is 3. The summed E-state index contributed by atoms with van der Waals surface area (Å²) in [5, 5.41) is 8.94. The molecule has 1 aromatic carbocycles. The monoisotopic (exact) mass is 404 g/mol. The van der Waals surface area contributed by atoms with Crippen molar-refractivity contribution in [1.82, 2.24) is 4.98 Å². The number of pyridine rings is 1. The first-order valence-corrected chi connectivity index (χ1v) is 8.21. The minimum Gasteiger partial charge on any atom is -0.478 e. The maximum absolute atomic E-state index is 13.2. The number of alkyl halides is 6. The van der Waals surface area contributed by atoms with Gasteiger partial charge in [0, 0.05) is 18.4 Å². The SMILES string of the molecule is O=C(O)c1ccc(N(CC2CC2)c2cc(C(F)(F)F)cc(C(F)(F)F)c2)nc1. The van der Waals surface area contributed by atoms with Gasteiger partial charge in [-0.3, -0.25) is 0 Å². The van der Waals surface area contributed by atoms with Crippen LogP contribution in [0.1, 0.15) is 34.3 Å². The highest BCUT2D eigenvalue weighted by Crippen LogP contribution is 2.41. The van der Waals surface area contributed by atoms with Gasteiger partial charge in [0.1, 0.15) is 5.82 Å². The van der Waals surface area contributed by atoms with Crippen molar-refractivity contribution in [3.8, 4) is 0 Å². The number of hydrogen-bond donors (Lipinski definition) is 1. The van der Waals surface area contributed by atoms with Gasteiger partial charge in [0.25, 0.3) is 0 Å². The largest absolute Gasteiger partial charge is 0.478 e. The van der Waals surface area contributed by atoms with Crippen molar-refractivity contribution < 1.29 is 36.2 Å². The molecule has 4 nitrogen and oxygen atoms in total. The van der Waals surface area contributed by atoms with Gasteiger partial charge in [-0.05, 0) is 49.1 Å². The third kappa shape index (κ3) is 4.55. The van der Waals surface area contributed by atoms with E-state index in [2.05, 4.69) is 4.98 Å². The molecule has 0 spiro atoms. The Balaban J connectivity index is 2.09. The molecule has 0 amide bonds. The smallest absolute Gasteiger partial charge is 0.416 e. The zero-order chi connectivity index (χ0) is 20.7. The van der Waals surface area contributed by atoms with Crippen molar-refractivity contribution in [3.63, 3.8) is 0 Å². The summed E-state index contributed by atoms with van der Waals surface area (Å²) in [4.78, 5) is 16.1. The predicted octanol–water partition coefficient (Wildman–Crippen LogP) is 5.37. The van der Waals surface area contributed by atoms with E-state index in [4.69, 9.17) is 5.11 Å². The molecule has 1 aliphatic rings. The Bertz CT molecular complexity index is 841. The lowest BCUT2D eigenvalue weighted by Gasteiger charge is -2.26. The summed E-state index contributed by atoms with van der Waals surface area (Å²) in [6.45, 7) is 0.179. The number of aromatic nitrogens is 1. The van der Waals surface area contributed by atoms with Crippen molar-refractivity contribution in [3.05, 3.63) is 53.2 Å². The third-order valence-electron chi connectivity index (χ3n) is 4.29. The van der Waals surface area contributed by atoms with Gasteiger partial charge < -0.3 is 10.0 Å². The van der Waals surface area contributed by atoms with E-state index in [1.807, 2.05) is 0 Å². The number of carbonyl (C=O) groups is 1. The molecule has 28 heavy (non-hydrogen) atoms. The van der Waals surface area contributed by atoms with Crippen LogP contribution in [0.15, 0.2) is 36.5 Å². The second kappa shape index (κ2) is 6.99. The molecule has 10 heteroatoms. The lowest BCUT2D eigenvalue weighted by Crippen LogP contribution is -2.23. The summed E-state index contributed by atoms with van der Waals surface area (Å²) in [5.41, 5.74) is -3.28. The fourth-order valence-corrected chi connectivity index (χ4v) is 2.66. The number of anilines is 2. The van der Waals surface area contributed by atoms with E-state index in [9.17, 15) is 31.1 Å². The van der Waals surface area contributed by atoms with E-state index >= 15 is 0 Å². The van der Waals surface area contributed by atoms with E-state index in [0.717, 1.165) is 19.0 Å². The van der Waals surface area contributed by atoms with Crippen LogP contribution in [0.2, 0.25) is 0 Å². The summed E-state index contributed by atoms with van der Waals surface area (Å²) in [7, 11) is 0. The highest BCUT2D eigenvalue weighted by Gasteiger charge is 2.38. The molecule has 1 aliphatic carbocycles. The molecule has 3 rings (SSSR count). The van der Waals surface area contributed by atoms with Crippen LogP contribution in [-0.4, -0.2) is 22.6 Å². The van der Waals surface area contributed by atoms with Gasteiger partial charge in [-0.15, -0.1) is 0 Å². The Morgan fingerprint density at radius 1 is 1.04 bits per heavy atom. The molecular weight excluding hydrogens is 390 g/mol. The van der Waals surface area contributed by atoms with Gasteiger partial charge in [-0.2, -0.15) is 26.3 Å². The number of aromatic carboxylic acids is 1. The Hall–Kier alpha value is -2.78. The molecular formula is C18H14F6N2O2. The molecule has 1 heterocycles. The minimum atomic E-state index is -4.96. The number of carboxylic acid groups (broad SMARTS) is 1. The van der Waals surface area contributed by atoms with E-state index < -0.39 is 29.4 Å². The zero-order valence-electron chi connectivity index (χ0n) is 14.2.